The zero-order chi connectivity index (χ0) is 17.9. The summed E-state index contributed by atoms with van der Waals surface area (Å²) in [5.74, 6) is 5.75. The molecule has 0 aliphatic carbocycles. The molecule has 0 saturated heterocycles. The van der Waals surface area contributed by atoms with E-state index in [9.17, 15) is 8.78 Å². The second kappa shape index (κ2) is 6.82. The van der Waals surface area contributed by atoms with Gasteiger partial charge < -0.3 is 0 Å². The van der Waals surface area contributed by atoms with Crippen molar-refractivity contribution in [2.75, 3.05) is 0 Å². The molecule has 0 saturated carbocycles. The summed E-state index contributed by atoms with van der Waals surface area (Å²) < 4.78 is 26.3. The molecule has 0 spiro atoms. The number of rotatable bonds is 1. The van der Waals surface area contributed by atoms with Crippen LogP contribution in [0.4, 0.5) is 8.78 Å². The maximum absolute atomic E-state index is 13.2. The predicted molar refractivity (Wildman–Crippen MR) is 102 cm³/mol. The van der Waals surface area contributed by atoms with Crippen LogP contribution in [0.3, 0.4) is 0 Å². The minimum atomic E-state index is -0.278. The molecule has 0 aliphatic rings. The molecule has 4 rings (SSSR count). The predicted octanol–water partition coefficient (Wildman–Crippen LogP) is 6.18. The Morgan fingerprint density at radius 2 is 1.23 bits per heavy atom. The average Bonchev–Trinajstić information content (AvgIpc) is 2.68. The third kappa shape index (κ3) is 3.34. The Balaban J connectivity index is 1.85. The summed E-state index contributed by atoms with van der Waals surface area (Å²) in [5, 5.41) is 2.12. The van der Waals surface area contributed by atoms with Gasteiger partial charge in [0.2, 0.25) is 0 Å². The standard InChI is InChI=1S/C24H14F2/c25-22-11-6-17(7-12-22)5-8-20-16-21(18-9-13-23(26)14-10-18)15-19-3-1-2-4-24(19)20/h1-4,6-7,9-16H. The summed E-state index contributed by atoms with van der Waals surface area (Å²) in [5.41, 5.74) is 3.54. The van der Waals surface area contributed by atoms with Crippen molar-refractivity contribution in [1.29, 1.82) is 0 Å². The highest BCUT2D eigenvalue weighted by Crippen LogP contribution is 2.27. The molecule has 2 heteroatoms. The van der Waals surface area contributed by atoms with Gasteiger partial charge in [0.25, 0.3) is 0 Å². The van der Waals surface area contributed by atoms with Gasteiger partial charge in [0.05, 0.1) is 0 Å². The van der Waals surface area contributed by atoms with E-state index in [1.54, 1.807) is 24.3 Å². The smallest absolute Gasteiger partial charge is 0.123 e. The van der Waals surface area contributed by atoms with Gasteiger partial charge in [0.15, 0.2) is 0 Å². The molecular formula is C24H14F2. The Labute approximate surface area is 150 Å². The minimum absolute atomic E-state index is 0.258. The summed E-state index contributed by atoms with van der Waals surface area (Å²) in [4.78, 5) is 0. The molecule has 0 unspecified atom stereocenters. The van der Waals surface area contributed by atoms with Gasteiger partial charge in [-0.3, -0.25) is 0 Å². The minimum Gasteiger partial charge on any atom is -0.207 e. The molecule has 124 valence electrons. The molecule has 0 fully saturated rings. The fourth-order valence-corrected chi connectivity index (χ4v) is 2.90. The molecule has 0 atom stereocenters. The van der Waals surface area contributed by atoms with Gasteiger partial charge in [0, 0.05) is 11.1 Å². The van der Waals surface area contributed by atoms with Crippen LogP contribution in [-0.4, -0.2) is 0 Å². The SMILES string of the molecule is Fc1ccc(C#Cc2cc(-c3ccc(F)cc3)cc3ccccc23)cc1. The molecule has 0 nitrogen and oxygen atoms in total. The fourth-order valence-electron chi connectivity index (χ4n) is 2.90. The lowest BCUT2D eigenvalue weighted by Gasteiger charge is -2.07. The number of halogens is 2. The number of fused-ring (bicyclic) bond motifs is 1. The van der Waals surface area contributed by atoms with Crippen molar-refractivity contribution >= 4 is 10.8 Å². The number of hydrogen-bond acceptors (Lipinski definition) is 0. The summed E-state index contributed by atoms with van der Waals surface area (Å²) in [6, 6.07) is 24.6. The second-order valence-corrected chi connectivity index (χ2v) is 6.01. The van der Waals surface area contributed by atoms with Crippen molar-refractivity contribution in [3.8, 4) is 23.0 Å². The van der Waals surface area contributed by atoms with E-state index in [1.807, 2.05) is 30.3 Å². The Hall–Kier alpha value is -3.44. The first kappa shape index (κ1) is 16.1. The van der Waals surface area contributed by atoms with Crippen LogP contribution in [0.25, 0.3) is 21.9 Å². The van der Waals surface area contributed by atoms with E-state index in [0.29, 0.717) is 0 Å². The summed E-state index contributed by atoms with van der Waals surface area (Å²) in [6.45, 7) is 0. The van der Waals surface area contributed by atoms with E-state index in [1.165, 1.54) is 24.3 Å². The number of hydrogen-bond donors (Lipinski definition) is 0. The van der Waals surface area contributed by atoms with Crippen LogP contribution in [0, 0.1) is 23.5 Å². The van der Waals surface area contributed by atoms with Crippen LogP contribution in [0.5, 0.6) is 0 Å². The second-order valence-electron chi connectivity index (χ2n) is 6.01. The molecule has 0 amide bonds. The summed E-state index contributed by atoms with van der Waals surface area (Å²) >= 11 is 0. The maximum atomic E-state index is 13.2. The highest BCUT2D eigenvalue weighted by molar-refractivity contribution is 5.92. The largest absolute Gasteiger partial charge is 0.207 e. The Kier molecular flexibility index (Phi) is 4.21. The average molecular weight is 340 g/mol. The fraction of sp³-hybridized carbons (Fsp3) is 0. The highest BCUT2D eigenvalue weighted by Gasteiger charge is 2.05. The maximum Gasteiger partial charge on any atom is 0.123 e. The van der Waals surface area contributed by atoms with E-state index < -0.39 is 0 Å². The van der Waals surface area contributed by atoms with Gasteiger partial charge >= 0.3 is 0 Å². The van der Waals surface area contributed by atoms with E-state index in [0.717, 1.165) is 33.0 Å². The van der Waals surface area contributed by atoms with Gasteiger partial charge in [-0.2, -0.15) is 0 Å². The van der Waals surface area contributed by atoms with Gasteiger partial charge in [-0.05, 0) is 70.4 Å². The first-order chi connectivity index (χ1) is 12.7. The lowest BCUT2D eigenvalue weighted by Crippen LogP contribution is -1.85. The van der Waals surface area contributed by atoms with Crippen molar-refractivity contribution in [3.05, 3.63) is 108 Å². The zero-order valence-electron chi connectivity index (χ0n) is 13.8. The van der Waals surface area contributed by atoms with Crippen LogP contribution in [0.1, 0.15) is 11.1 Å². The quantitative estimate of drug-likeness (QED) is 0.363. The van der Waals surface area contributed by atoms with Crippen LogP contribution in [-0.2, 0) is 0 Å². The molecule has 0 aliphatic heterocycles. The van der Waals surface area contributed by atoms with Crippen LogP contribution in [0.2, 0.25) is 0 Å². The molecule has 4 aromatic carbocycles. The van der Waals surface area contributed by atoms with Gasteiger partial charge in [-0.15, -0.1) is 0 Å². The van der Waals surface area contributed by atoms with E-state index in [2.05, 4.69) is 17.9 Å². The van der Waals surface area contributed by atoms with Gasteiger partial charge in [-0.25, -0.2) is 8.78 Å². The lowest BCUT2D eigenvalue weighted by molar-refractivity contribution is 0.627. The summed E-state index contributed by atoms with van der Waals surface area (Å²) in [7, 11) is 0. The molecule has 0 N–H and O–H groups in total. The molecule has 0 radical (unpaired) electrons. The van der Waals surface area contributed by atoms with Crippen molar-refractivity contribution in [2.45, 2.75) is 0 Å². The van der Waals surface area contributed by atoms with Gasteiger partial charge in [0.1, 0.15) is 11.6 Å². The highest BCUT2D eigenvalue weighted by atomic mass is 19.1. The van der Waals surface area contributed by atoms with Crippen molar-refractivity contribution in [3.63, 3.8) is 0 Å². The van der Waals surface area contributed by atoms with Crippen molar-refractivity contribution in [2.24, 2.45) is 0 Å². The topological polar surface area (TPSA) is 0 Å². The van der Waals surface area contributed by atoms with Crippen LogP contribution >= 0.6 is 0 Å². The van der Waals surface area contributed by atoms with E-state index in [-0.39, 0.29) is 11.6 Å². The molecule has 4 aromatic rings. The molecule has 0 heterocycles. The Bertz CT molecular complexity index is 1130. The third-order valence-electron chi connectivity index (χ3n) is 4.23. The first-order valence-corrected chi connectivity index (χ1v) is 8.25. The normalized spacial score (nSPS) is 10.4. The monoisotopic (exact) mass is 340 g/mol. The first-order valence-electron chi connectivity index (χ1n) is 8.25. The van der Waals surface area contributed by atoms with Gasteiger partial charge in [-0.1, -0.05) is 48.2 Å². The molecule has 0 aromatic heterocycles. The Morgan fingerprint density at radius 3 is 1.96 bits per heavy atom. The summed E-state index contributed by atoms with van der Waals surface area (Å²) in [6.07, 6.45) is 0. The molecule has 0 bridgehead atoms. The molecule has 26 heavy (non-hydrogen) atoms. The molecular weight excluding hydrogens is 326 g/mol. The number of benzene rings is 4. The van der Waals surface area contributed by atoms with Crippen molar-refractivity contribution < 1.29 is 8.78 Å². The van der Waals surface area contributed by atoms with Crippen LogP contribution in [0.15, 0.2) is 84.9 Å². The van der Waals surface area contributed by atoms with Crippen molar-refractivity contribution in [1.82, 2.24) is 0 Å². The lowest BCUT2D eigenvalue weighted by atomic mass is 9.97. The van der Waals surface area contributed by atoms with Crippen LogP contribution < -0.4 is 0 Å². The van der Waals surface area contributed by atoms with E-state index in [4.69, 9.17) is 0 Å². The zero-order valence-corrected chi connectivity index (χ0v) is 13.8. The van der Waals surface area contributed by atoms with E-state index >= 15 is 0 Å². The Morgan fingerprint density at radius 1 is 0.577 bits per heavy atom. The third-order valence-corrected chi connectivity index (χ3v) is 4.23.